The van der Waals surface area contributed by atoms with Crippen LogP contribution in [0.1, 0.15) is 12.8 Å². The van der Waals surface area contributed by atoms with Crippen molar-refractivity contribution in [3.63, 3.8) is 0 Å². The molecule has 0 radical (unpaired) electrons. The van der Waals surface area contributed by atoms with Crippen molar-refractivity contribution < 1.29 is 18.3 Å². The molecule has 2 aromatic heterocycles. The Morgan fingerprint density at radius 2 is 2.05 bits per heavy atom. The number of amides is 1. The van der Waals surface area contributed by atoms with E-state index >= 15 is 4.39 Å². The van der Waals surface area contributed by atoms with Gasteiger partial charge in [-0.3, -0.25) is 4.79 Å². The van der Waals surface area contributed by atoms with Crippen LogP contribution in [0, 0.1) is 12.4 Å². The molecule has 0 saturated carbocycles. The summed E-state index contributed by atoms with van der Waals surface area (Å²) in [6.45, 7) is 12.6. The molecule has 0 N–H and O–H groups in total. The molecule has 2 fully saturated rings. The summed E-state index contributed by atoms with van der Waals surface area (Å²) in [5.74, 6) is -1.83. The predicted octanol–water partition coefficient (Wildman–Crippen LogP) is 5.54. The van der Waals surface area contributed by atoms with Gasteiger partial charge in [-0.1, -0.05) is 24.8 Å². The van der Waals surface area contributed by atoms with Crippen molar-refractivity contribution in [2.75, 3.05) is 51.3 Å². The minimum absolute atomic E-state index is 0.0146. The molecule has 0 unspecified atom stereocenters. The molecule has 4 aromatic rings. The van der Waals surface area contributed by atoms with Gasteiger partial charge in [-0.15, -0.1) is 11.3 Å². The second kappa shape index (κ2) is 11.6. The Bertz CT molecular complexity index is 1720. The lowest BCUT2D eigenvalue weighted by Gasteiger charge is -2.39. The van der Waals surface area contributed by atoms with Crippen LogP contribution in [0.3, 0.4) is 0 Å². The summed E-state index contributed by atoms with van der Waals surface area (Å²) in [7, 11) is 2.07. The molecule has 2 atom stereocenters. The number of thiophene rings is 1. The number of piperazine rings is 1. The van der Waals surface area contributed by atoms with Crippen molar-refractivity contribution in [2.24, 2.45) is 0 Å². The molecule has 0 aliphatic carbocycles. The van der Waals surface area contributed by atoms with Crippen molar-refractivity contribution in [3.05, 3.63) is 71.4 Å². The van der Waals surface area contributed by atoms with Gasteiger partial charge in [-0.25, -0.2) is 15.4 Å². The number of anilines is 1. The van der Waals surface area contributed by atoms with E-state index in [-0.39, 0.29) is 31.7 Å². The van der Waals surface area contributed by atoms with Gasteiger partial charge in [0.2, 0.25) is 6.54 Å². The Hall–Kier alpha value is -4.14. The number of likely N-dealkylation sites (N-methyl/N-ethyl adjacent to an activating group) is 1. The second-order valence-electron chi connectivity index (χ2n) is 10.8. The lowest BCUT2D eigenvalue weighted by atomic mass is 10.0. The maximum Gasteiger partial charge on any atom is 0.319 e. The van der Waals surface area contributed by atoms with Gasteiger partial charge < -0.3 is 24.3 Å². The summed E-state index contributed by atoms with van der Waals surface area (Å²) in [6, 6.07) is 10.9. The number of carbonyl (C=O) groups excluding carboxylic acids is 1. The molecule has 1 amide bonds. The van der Waals surface area contributed by atoms with Crippen LogP contribution in [0.25, 0.3) is 37.0 Å². The molecular weight excluding hydrogens is 558 g/mol. The first kappa shape index (κ1) is 28.0. The largest absolute Gasteiger partial charge is 0.462 e. The van der Waals surface area contributed by atoms with Crippen LogP contribution < -0.4 is 9.64 Å². The maximum atomic E-state index is 15.9. The SMILES string of the molecule is [C-]#[N+]C[C@H]1CN(c2nc(OC[C@@H]3CCCN3C)nc3cc(-c4cccc5ccsc45)c(F)cc23)CCN1C(=O)C(=C)F. The van der Waals surface area contributed by atoms with Gasteiger partial charge >= 0.3 is 6.01 Å². The maximum absolute atomic E-state index is 15.9. The third-order valence-electron chi connectivity index (χ3n) is 8.17. The Morgan fingerprint density at radius 3 is 2.81 bits per heavy atom. The number of likely N-dealkylation sites (tertiary alicyclic amines) is 1. The molecule has 6 rings (SSSR count). The number of hydrogen-bond acceptors (Lipinski definition) is 7. The van der Waals surface area contributed by atoms with Gasteiger partial charge in [0.1, 0.15) is 24.3 Å². The van der Waals surface area contributed by atoms with Crippen molar-refractivity contribution in [3.8, 4) is 17.1 Å². The highest BCUT2D eigenvalue weighted by molar-refractivity contribution is 7.17. The Balaban J connectivity index is 1.42. The molecule has 2 aliphatic heterocycles. The third-order valence-corrected chi connectivity index (χ3v) is 9.13. The average Bonchev–Trinajstić information content (AvgIpc) is 3.64. The molecule has 4 heterocycles. The minimum atomic E-state index is -1.06. The minimum Gasteiger partial charge on any atom is -0.462 e. The lowest BCUT2D eigenvalue weighted by Crippen LogP contribution is -2.56. The molecule has 0 spiro atoms. The van der Waals surface area contributed by atoms with Gasteiger partial charge in [0.25, 0.3) is 5.91 Å². The number of halogens is 2. The highest BCUT2D eigenvalue weighted by Crippen LogP contribution is 2.38. The van der Waals surface area contributed by atoms with Crippen molar-refractivity contribution in [1.29, 1.82) is 0 Å². The summed E-state index contributed by atoms with van der Waals surface area (Å²) < 4.78 is 36.8. The zero-order valence-corrected chi connectivity index (χ0v) is 24.0. The number of hydrogen-bond donors (Lipinski definition) is 0. The molecule has 11 heteroatoms. The van der Waals surface area contributed by atoms with Gasteiger partial charge in [-0.05, 0) is 55.4 Å². The standard InChI is InChI=1S/C31H30F2N6O2S/c1-19(32)30(40)39-12-11-38(17-22(39)16-34-2)29-25-14-26(33)24(23-8-4-6-20-9-13-42-28(20)23)15-27(25)35-31(36-29)41-18-21-7-5-10-37(21)3/h4,6,8-9,13-15,21-22H,1,5,7,10-12,16-18H2,3H3/t21-,22-/m0/s1. The van der Waals surface area contributed by atoms with E-state index in [2.05, 4.69) is 23.4 Å². The molecule has 42 heavy (non-hydrogen) atoms. The summed E-state index contributed by atoms with van der Waals surface area (Å²) >= 11 is 1.56. The number of nitrogens with zero attached hydrogens (tertiary/aromatic N) is 6. The van der Waals surface area contributed by atoms with Crippen LogP contribution in [0.4, 0.5) is 14.6 Å². The topological polar surface area (TPSA) is 66.2 Å². The van der Waals surface area contributed by atoms with E-state index in [0.717, 1.165) is 35.0 Å². The normalized spacial score (nSPS) is 19.4. The smallest absolute Gasteiger partial charge is 0.319 e. The second-order valence-corrected chi connectivity index (χ2v) is 11.7. The fourth-order valence-corrected chi connectivity index (χ4v) is 6.85. The molecule has 2 aliphatic rings. The van der Waals surface area contributed by atoms with E-state index in [1.54, 1.807) is 17.4 Å². The van der Waals surface area contributed by atoms with E-state index in [0.29, 0.717) is 35.4 Å². The molecular formula is C31H30F2N6O2S. The molecule has 2 saturated heterocycles. The van der Waals surface area contributed by atoms with E-state index < -0.39 is 23.6 Å². The van der Waals surface area contributed by atoms with Gasteiger partial charge in [0.15, 0.2) is 5.83 Å². The Kier molecular flexibility index (Phi) is 7.75. The third kappa shape index (κ3) is 5.28. The number of aromatic nitrogens is 2. The zero-order valence-electron chi connectivity index (χ0n) is 23.2. The summed E-state index contributed by atoms with van der Waals surface area (Å²) in [5, 5.41) is 3.53. The van der Waals surface area contributed by atoms with Crippen LogP contribution >= 0.6 is 11.3 Å². The van der Waals surface area contributed by atoms with E-state index in [1.807, 2.05) is 34.5 Å². The molecule has 216 valence electrons. The predicted molar refractivity (Wildman–Crippen MR) is 161 cm³/mol. The first-order valence-corrected chi connectivity index (χ1v) is 14.8. The highest BCUT2D eigenvalue weighted by Gasteiger charge is 2.35. The first-order valence-electron chi connectivity index (χ1n) is 13.9. The summed E-state index contributed by atoms with van der Waals surface area (Å²) in [6.07, 6.45) is 2.12. The number of rotatable bonds is 7. The van der Waals surface area contributed by atoms with E-state index in [4.69, 9.17) is 21.3 Å². The fourth-order valence-electron chi connectivity index (χ4n) is 5.92. The molecule has 8 nitrogen and oxygen atoms in total. The van der Waals surface area contributed by atoms with E-state index in [9.17, 15) is 9.18 Å². The van der Waals surface area contributed by atoms with Crippen molar-refractivity contribution in [1.82, 2.24) is 19.8 Å². The van der Waals surface area contributed by atoms with Gasteiger partial charge in [0, 0.05) is 46.9 Å². The highest BCUT2D eigenvalue weighted by atomic mass is 32.1. The summed E-state index contributed by atoms with van der Waals surface area (Å²) in [4.78, 5) is 30.9. The Morgan fingerprint density at radius 1 is 1.19 bits per heavy atom. The average molecular weight is 589 g/mol. The number of benzene rings is 2. The number of carbonyl (C=O) groups is 1. The quantitative estimate of drug-likeness (QED) is 0.209. The molecule has 2 aromatic carbocycles. The van der Waals surface area contributed by atoms with Gasteiger partial charge in [-0.2, -0.15) is 9.97 Å². The van der Waals surface area contributed by atoms with Crippen LogP contribution in [0.2, 0.25) is 0 Å². The van der Waals surface area contributed by atoms with Crippen LogP contribution in [-0.4, -0.2) is 84.1 Å². The fraction of sp³-hybridized carbons (Fsp3) is 0.355. The van der Waals surface area contributed by atoms with E-state index in [1.165, 1.54) is 11.0 Å². The van der Waals surface area contributed by atoms with Crippen LogP contribution in [0.15, 0.2) is 54.2 Å². The van der Waals surface area contributed by atoms with Gasteiger partial charge in [0.05, 0.1) is 5.52 Å². The van der Waals surface area contributed by atoms with Crippen LogP contribution in [0.5, 0.6) is 6.01 Å². The van der Waals surface area contributed by atoms with Crippen molar-refractivity contribution >= 4 is 44.1 Å². The van der Waals surface area contributed by atoms with Crippen LogP contribution in [-0.2, 0) is 4.79 Å². The number of ether oxygens (including phenoxy) is 1. The Labute approximate surface area is 246 Å². The zero-order chi connectivity index (χ0) is 29.4. The lowest BCUT2D eigenvalue weighted by molar-refractivity contribution is -0.131. The van der Waals surface area contributed by atoms with Crippen molar-refractivity contribution in [2.45, 2.75) is 24.9 Å². The monoisotopic (exact) mass is 588 g/mol. The first-order chi connectivity index (χ1) is 20.3. The number of fused-ring (bicyclic) bond motifs is 2. The summed E-state index contributed by atoms with van der Waals surface area (Å²) in [5.41, 5.74) is 1.74. The molecule has 0 bridgehead atoms.